The number of aryl methyl sites for hydroxylation is 2. The summed E-state index contributed by atoms with van der Waals surface area (Å²) in [6, 6.07) is 7.14. The fourth-order valence-electron chi connectivity index (χ4n) is 4.27. The summed E-state index contributed by atoms with van der Waals surface area (Å²) in [6.07, 6.45) is 0. The van der Waals surface area contributed by atoms with Gasteiger partial charge in [0, 0.05) is 58.0 Å². The van der Waals surface area contributed by atoms with Crippen LogP contribution in [0.25, 0.3) is 0 Å². The SMILES string of the molecule is Cc1noc(C)c1S(=O)(=O)N1CCN(C(=O)CN2CCN(c3ccc(O)cc3)CC2)CC1. The molecule has 2 aromatic rings. The summed E-state index contributed by atoms with van der Waals surface area (Å²) < 4.78 is 32.3. The number of carbonyl (C=O) groups excluding carboxylic acids is 1. The third kappa shape index (κ3) is 4.59. The maximum atomic E-state index is 12.9. The molecule has 0 aliphatic carbocycles. The van der Waals surface area contributed by atoms with Crippen molar-refractivity contribution in [2.75, 3.05) is 63.8 Å². The van der Waals surface area contributed by atoms with Crippen LogP contribution in [0.2, 0.25) is 0 Å². The summed E-state index contributed by atoms with van der Waals surface area (Å²) in [5.41, 5.74) is 1.41. The van der Waals surface area contributed by atoms with Gasteiger partial charge in [0.25, 0.3) is 0 Å². The summed E-state index contributed by atoms with van der Waals surface area (Å²) in [6.45, 7) is 7.95. The summed E-state index contributed by atoms with van der Waals surface area (Å²) in [5.74, 6) is 0.558. The van der Waals surface area contributed by atoms with Crippen LogP contribution in [0, 0.1) is 13.8 Å². The molecule has 1 N–H and O–H groups in total. The molecule has 2 fully saturated rings. The van der Waals surface area contributed by atoms with Crippen LogP contribution in [0.1, 0.15) is 11.5 Å². The first-order valence-corrected chi connectivity index (χ1v) is 12.2. The number of rotatable bonds is 5. The fourth-order valence-corrected chi connectivity index (χ4v) is 5.98. The maximum absolute atomic E-state index is 12.9. The highest BCUT2D eigenvalue weighted by atomic mass is 32.2. The zero-order valence-corrected chi connectivity index (χ0v) is 19.2. The summed E-state index contributed by atoms with van der Waals surface area (Å²) in [7, 11) is -3.68. The number of benzene rings is 1. The van der Waals surface area contributed by atoms with E-state index in [0.29, 0.717) is 25.3 Å². The number of piperazine rings is 2. The van der Waals surface area contributed by atoms with Gasteiger partial charge in [0.1, 0.15) is 16.3 Å². The Morgan fingerprint density at radius 2 is 1.62 bits per heavy atom. The summed E-state index contributed by atoms with van der Waals surface area (Å²) >= 11 is 0. The number of carbonyl (C=O) groups is 1. The van der Waals surface area contributed by atoms with Crippen molar-refractivity contribution in [1.29, 1.82) is 0 Å². The van der Waals surface area contributed by atoms with Crippen LogP contribution in [0.3, 0.4) is 0 Å². The highest BCUT2D eigenvalue weighted by molar-refractivity contribution is 7.89. The average molecular weight is 464 g/mol. The number of amides is 1. The van der Waals surface area contributed by atoms with Gasteiger partial charge >= 0.3 is 0 Å². The van der Waals surface area contributed by atoms with E-state index in [1.807, 2.05) is 12.1 Å². The molecule has 10 nitrogen and oxygen atoms in total. The van der Waals surface area contributed by atoms with Gasteiger partial charge in [0.15, 0.2) is 5.76 Å². The van der Waals surface area contributed by atoms with E-state index in [9.17, 15) is 18.3 Å². The zero-order valence-electron chi connectivity index (χ0n) is 18.4. The molecule has 0 unspecified atom stereocenters. The Labute approximate surface area is 188 Å². The molecule has 32 heavy (non-hydrogen) atoms. The van der Waals surface area contributed by atoms with Crippen molar-refractivity contribution in [2.45, 2.75) is 18.7 Å². The molecule has 0 spiro atoms. The van der Waals surface area contributed by atoms with Crippen LogP contribution in [-0.2, 0) is 14.8 Å². The lowest BCUT2D eigenvalue weighted by Gasteiger charge is -2.38. The van der Waals surface area contributed by atoms with Gasteiger partial charge in [-0.2, -0.15) is 4.31 Å². The van der Waals surface area contributed by atoms with Gasteiger partial charge in [0.2, 0.25) is 15.9 Å². The topological polar surface area (TPSA) is 110 Å². The van der Waals surface area contributed by atoms with Crippen molar-refractivity contribution in [3.63, 3.8) is 0 Å². The molecular weight excluding hydrogens is 434 g/mol. The first-order valence-electron chi connectivity index (χ1n) is 10.7. The minimum atomic E-state index is -3.68. The van der Waals surface area contributed by atoms with Gasteiger partial charge in [0.05, 0.1) is 6.54 Å². The number of phenols is 1. The van der Waals surface area contributed by atoms with Gasteiger partial charge < -0.3 is 19.4 Å². The molecule has 0 atom stereocenters. The Hall–Kier alpha value is -2.63. The largest absolute Gasteiger partial charge is 0.508 e. The molecule has 2 saturated heterocycles. The van der Waals surface area contributed by atoms with Gasteiger partial charge in [-0.15, -0.1) is 0 Å². The van der Waals surface area contributed by atoms with E-state index in [-0.39, 0.29) is 35.4 Å². The molecule has 11 heteroatoms. The molecular formula is C21H29N5O5S. The van der Waals surface area contributed by atoms with Crippen molar-refractivity contribution in [3.8, 4) is 5.75 Å². The van der Waals surface area contributed by atoms with Crippen LogP contribution >= 0.6 is 0 Å². The van der Waals surface area contributed by atoms with Crippen LogP contribution < -0.4 is 4.90 Å². The Kier molecular flexibility index (Phi) is 6.40. The number of hydrogen-bond acceptors (Lipinski definition) is 8. The Balaban J connectivity index is 1.27. The highest BCUT2D eigenvalue weighted by Crippen LogP contribution is 2.24. The van der Waals surface area contributed by atoms with E-state index < -0.39 is 10.0 Å². The second-order valence-electron chi connectivity index (χ2n) is 8.22. The second kappa shape index (κ2) is 9.08. The summed E-state index contributed by atoms with van der Waals surface area (Å²) in [4.78, 5) is 19.0. The Morgan fingerprint density at radius 1 is 1.00 bits per heavy atom. The number of phenolic OH excluding ortho intramolecular Hbond substituents is 1. The van der Waals surface area contributed by atoms with Gasteiger partial charge in [-0.05, 0) is 38.1 Å². The highest BCUT2D eigenvalue weighted by Gasteiger charge is 2.34. The molecule has 3 heterocycles. The monoisotopic (exact) mass is 463 g/mol. The predicted molar refractivity (Wildman–Crippen MR) is 118 cm³/mol. The number of hydrogen-bond donors (Lipinski definition) is 1. The van der Waals surface area contributed by atoms with Crippen molar-refractivity contribution < 1.29 is 22.8 Å². The molecule has 4 rings (SSSR count). The van der Waals surface area contributed by atoms with E-state index in [1.165, 1.54) is 4.31 Å². The Morgan fingerprint density at radius 3 is 2.19 bits per heavy atom. The first-order chi connectivity index (χ1) is 15.3. The van der Waals surface area contributed by atoms with Crippen LogP contribution in [0.4, 0.5) is 5.69 Å². The number of aromatic nitrogens is 1. The molecule has 174 valence electrons. The predicted octanol–water partition coefficient (Wildman–Crippen LogP) is 0.652. The van der Waals surface area contributed by atoms with Crippen molar-refractivity contribution in [3.05, 3.63) is 35.7 Å². The first kappa shape index (κ1) is 22.6. The van der Waals surface area contributed by atoms with E-state index in [1.54, 1.807) is 30.9 Å². The lowest BCUT2D eigenvalue weighted by molar-refractivity contribution is -0.133. The van der Waals surface area contributed by atoms with E-state index in [2.05, 4.69) is 15.0 Å². The summed E-state index contributed by atoms with van der Waals surface area (Å²) in [5, 5.41) is 13.2. The quantitative estimate of drug-likeness (QED) is 0.688. The lowest BCUT2D eigenvalue weighted by Crippen LogP contribution is -2.54. The minimum absolute atomic E-state index is 0.0254. The van der Waals surface area contributed by atoms with Gasteiger partial charge in [-0.25, -0.2) is 8.42 Å². The third-order valence-electron chi connectivity index (χ3n) is 6.10. The number of nitrogens with zero attached hydrogens (tertiary/aromatic N) is 5. The van der Waals surface area contributed by atoms with Crippen LogP contribution in [0.15, 0.2) is 33.7 Å². The number of sulfonamides is 1. The minimum Gasteiger partial charge on any atom is -0.508 e. The van der Waals surface area contributed by atoms with E-state index >= 15 is 0 Å². The molecule has 2 aliphatic rings. The van der Waals surface area contributed by atoms with Crippen molar-refractivity contribution in [1.82, 2.24) is 19.3 Å². The molecule has 0 bridgehead atoms. The zero-order chi connectivity index (χ0) is 22.9. The fraction of sp³-hybridized carbons (Fsp3) is 0.524. The molecule has 1 aromatic heterocycles. The van der Waals surface area contributed by atoms with Gasteiger partial charge in [-0.3, -0.25) is 9.69 Å². The van der Waals surface area contributed by atoms with Crippen LogP contribution in [0.5, 0.6) is 5.75 Å². The van der Waals surface area contributed by atoms with Crippen molar-refractivity contribution in [2.24, 2.45) is 0 Å². The standard InChI is InChI=1S/C21H29N5O5S/c1-16-21(17(2)31-22-16)32(29,30)26-13-11-25(12-14-26)20(28)15-23-7-9-24(10-8-23)18-3-5-19(27)6-4-18/h3-6,27H,7-15H2,1-2H3. The Bertz CT molecular complexity index is 1030. The molecule has 1 amide bonds. The average Bonchev–Trinajstić information content (AvgIpc) is 3.13. The number of aromatic hydroxyl groups is 1. The molecule has 1 aromatic carbocycles. The van der Waals surface area contributed by atoms with Crippen LogP contribution in [-0.4, -0.2) is 97.6 Å². The smallest absolute Gasteiger partial charge is 0.248 e. The lowest BCUT2D eigenvalue weighted by atomic mass is 10.2. The molecule has 0 radical (unpaired) electrons. The van der Waals surface area contributed by atoms with E-state index in [4.69, 9.17) is 4.52 Å². The third-order valence-corrected chi connectivity index (χ3v) is 8.25. The molecule has 2 aliphatic heterocycles. The van der Waals surface area contributed by atoms with E-state index in [0.717, 1.165) is 31.9 Å². The number of anilines is 1. The van der Waals surface area contributed by atoms with Crippen molar-refractivity contribution >= 4 is 21.6 Å². The molecule has 0 saturated carbocycles. The second-order valence-corrected chi connectivity index (χ2v) is 10.1. The van der Waals surface area contributed by atoms with Gasteiger partial charge in [-0.1, -0.05) is 5.16 Å². The maximum Gasteiger partial charge on any atom is 0.248 e. The normalized spacial score (nSPS) is 18.8.